The standard InChI is InChI=1S/C21H33N5O.HI/c1-5-19-18(20(6-2)26(4)25-19)15-24-21(22-7-3)23-13-14-27-16-17-11-9-8-10-12-17;/h8-12H,5-7,13-16H2,1-4H3,(H2,22,23,24);1H. The number of aryl methyl sites for hydroxylation is 2. The van der Waals surface area contributed by atoms with Gasteiger partial charge in [-0.05, 0) is 25.3 Å². The topological polar surface area (TPSA) is 63.5 Å². The van der Waals surface area contributed by atoms with E-state index in [-0.39, 0.29) is 24.0 Å². The van der Waals surface area contributed by atoms with E-state index in [2.05, 4.69) is 48.6 Å². The molecule has 0 saturated heterocycles. The summed E-state index contributed by atoms with van der Waals surface area (Å²) in [5.41, 5.74) is 4.84. The minimum Gasteiger partial charge on any atom is -0.375 e. The van der Waals surface area contributed by atoms with E-state index in [0.29, 0.717) is 26.3 Å². The highest BCUT2D eigenvalue weighted by atomic mass is 127. The van der Waals surface area contributed by atoms with Gasteiger partial charge in [0.05, 0.1) is 25.5 Å². The van der Waals surface area contributed by atoms with Crippen LogP contribution in [0, 0.1) is 0 Å². The molecule has 2 N–H and O–H groups in total. The van der Waals surface area contributed by atoms with Crippen molar-refractivity contribution in [1.82, 2.24) is 20.4 Å². The number of hydrogen-bond acceptors (Lipinski definition) is 3. The van der Waals surface area contributed by atoms with Crippen molar-refractivity contribution in [2.75, 3.05) is 19.7 Å². The van der Waals surface area contributed by atoms with Crippen LogP contribution in [-0.2, 0) is 37.8 Å². The molecule has 0 bridgehead atoms. The monoisotopic (exact) mass is 499 g/mol. The van der Waals surface area contributed by atoms with Gasteiger partial charge in [0.15, 0.2) is 5.96 Å². The van der Waals surface area contributed by atoms with Crippen LogP contribution in [0.1, 0.15) is 43.3 Å². The Labute approximate surface area is 186 Å². The number of halogens is 1. The Morgan fingerprint density at radius 3 is 2.50 bits per heavy atom. The largest absolute Gasteiger partial charge is 0.375 e. The van der Waals surface area contributed by atoms with Gasteiger partial charge in [0.1, 0.15) is 0 Å². The lowest BCUT2D eigenvalue weighted by molar-refractivity contribution is 0.125. The fourth-order valence-corrected chi connectivity index (χ4v) is 3.08. The van der Waals surface area contributed by atoms with Crippen LogP contribution in [0.15, 0.2) is 35.3 Å². The molecular weight excluding hydrogens is 465 g/mol. The number of nitrogens with one attached hydrogen (secondary N) is 2. The van der Waals surface area contributed by atoms with Crippen LogP contribution in [0.5, 0.6) is 0 Å². The van der Waals surface area contributed by atoms with Gasteiger partial charge in [-0.15, -0.1) is 24.0 Å². The molecular formula is C21H34IN5O. The van der Waals surface area contributed by atoms with Crippen molar-refractivity contribution < 1.29 is 4.74 Å². The quantitative estimate of drug-likeness (QED) is 0.228. The summed E-state index contributed by atoms with van der Waals surface area (Å²) in [5.74, 6) is 0.814. The molecule has 2 rings (SSSR count). The smallest absolute Gasteiger partial charge is 0.191 e. The lowest BCUT2D eigenvalue weighted by Crippen LogP contribution is -2.39. The molecule has 156 valence electrons. The van der Waals surface area contributed by atoms with E-state index in [1.165, 1.54) is 16.8 Å². The zero-order chi connectivity index (χ0) is 19.5. The summed E-state index contributed by atoms with van der Waals surface area (Å²) in [6, 6.07) is 10.2. The van der Waals surface area contributed by atoms with Gasteiger partial charge < -0.3 is 15.4 Å². The average molecular weight is 499 g/mol. The van der Waals surface area contributed by atoms with Crippen molar-refractivity contribution in [2.24, 2.45) is 12.0 Å². The third kappa shape index (κ3) is 7.43. The molecule has 0 saturated carbocycles. The van der Waals surface area contributed by atoms with Gasteiger partial charge in [-0.2, -0.15) is 5.10 Å². The van der Waals surface area contributed by atoms with Gasteiger partial charge in [-0.1, -0.05) is 44.2 Å². The maximum Gasteiger partial charge on any atom is 0.191 e. The SMILES string of the molecule is CCNC(=NCc1c(CC)nn(C)c1CC)NCCOCc1ccccc1.I. The highest BCUT2D eigenvalue weighted by molar-refractivity contribution is 14.0. The molecule has 0 spiro atoms. The third-order valence-electron chi connectivity index (χ3n) is 4.42. The number of aliphatic imine (C=N–C) groups is 1. The molecule has 0 fully saturated rings. The van der Waals surface area contributed by atoms with Crippen molar-refractivity contribution in [3.8, 4) is 0 Å². The molecule has 0 aliphatic rings. The second kappa shape index (κ2) is 13.5. The predicted molar refractivity (Wildman–Crippen MR) is 126 cm³/mol. The van der Waals surface area contributed by atoms with Crippen LogP contribution in [0.3, 0.4) is 0 Å². The molecule has 0 radical (unpaired) electrons. The first-order valence-corrected chi connectivity index (χ1v) is 9.86. The maximum atomic E-state index is 5.73. The Balaban J connectivity index is 0.00000392. The third-order valence-corrected chi connectivity index (χ3v) is 4.42. The van der Waals surface area contributed by atoms with Crippen LogP contribution in [0.4, 0.5) is 0 Å². The first-order valence-electron chi connectivity index (χ1n) is 9.86. The zero-order valence-electron chi connectivity index (χ0n) is 17.5. The number of guanidine groups is 1. The van der Waals surface area contributed by atoms with E-state index in [4.69, 9.17) is 9.73 Å². The first kappa shape index (κ1) is 24.4. The van der Waals surface area contributed by atoms with Crippen molar-refractivity contribution in [3.05, 3.63) is 52.8 Å². The van der Waals surface area contributed by atoms with Gasteiger partial charge in [-0.25, -0.2) is 4.99 Å². The van der Waals surface area contributed by atoms with E-state index >= 15 is 0 Å². The number of ether oxygens (including phenoxy) is 1. The molecule has 0 amide bonds. The molecule has 1 aromatic heterocycles. The first-order chi connectivity index (χ1) is 13.2. The Hall–Kier alpha value is -1.61. The Kier molecular flexibility index (Phi) is 11.8. The van der Waals surface area contributed by atoms with Crippen molar-refractivity contribution in [2.45, 2.75) is 46.8 Å². The number of aromatic nitrogens is 2. The van der Waals surface area contributed by atoms with E-state index in [1.807, 2.05) is 29.9 Å². The summed E-state index contributed by atoms with van der Waals surface area (Å²) in [4.78, 5) is 4.76. The van der Waals surface area contributed by atoms with Crippen LogP contribution in [0.25, 0.3) is 0 Å². The predicted octanol–water partition coefficient (Wildman–Crippen LogP) is 3.43. The lowest BCUT2D eigenvalue weighted by atomic mass is 10.1. The molecule has 6 nitrogen and oxygen atoms in total. The molecule has 2 aromatic rings. The number of nitrogens with zero attached hydrogens (tertiary/aromatic N) is 3. The maximum absolute atomic E-state index is 5.73. The minimum absolute atomic E-state index is 0. The molecule has 7 heteroatoms. The molecule has 1 heterocycles. The van der Waals surface area contributed by atoms with Gasteiger partial charge >= 0.3 is 0 Å². The van der Waals surface area contributed by atoms with Gasteiger partial charge in [-0.3, -0.25) is 4.68 Å². The van der Waals surface area contributed by atoms with Crippen molar-refractivity contribution >= 4 is 29.9 Å². The Morgan fingerprint density at radius 2 is 1.86 bits per heavy atom. The highest BCUT2D eigenvalue weighted by Crippen LogP contribution is 2.16. The van der Waals surface area contributed by atoms with E-state index in [9.17, 15) is 0 Å². The van der Waals surface area contributed by atoms with Gasteiger partial charge in [0.2, 0.25) is 0 Å². The fraction of sp³-hybridized carbons (Fsp3) is 0.524. The summed E-state index contributed by atoms with van der Waals surface area (Å²) in [5, 5.41) is 11.3. The summed E-state index contributed by atoms with van der Waals surface area (Å²) < 4.78 is 7.72. The molecule has 28 heavy (non-hydrogen) atoms. The van der Waals surface area contributed by atoms with Crippen molar-refractivity contribution in [3.63, 3.8) is 0 Å². The summed E-state index contributed by atoms with van der Waals surface area (Å²) in [6.07, 6.45) is 1.89. The second-order valence-electron chi connectivity index (χ2n) is 6.36. The normalized spacial score (nSPS) is 11.2. The summed E-state index contributed by atoms with van der Waals surface area (Å²) >= 11 is 0. The summed E-state index contributed by atoms with van der Waals surface area (Å²) in [7, 11) is 2.01. The van der Waals surface area contributed by atoms with Crippen LogP contribution in [-0.4, -0.2) is 35.4 Å². The van der Waals surface area contributed by atoms with Gasteiger partial charge in [0.25, 0.3) is 0 Å². The Bertz CT molecular complexity index is 715. The molecule has 0 atom stereocenters. The van der Waals surface area contributed by atoms with E-state index < -0.39 is 0 Å². The second-order valence-corrected chi connectivity index (χ2v) is 6.36. The molecule has 0 unspecified atom stereocenters. The fourth-order valence-electron chi connectivity index (χ4n) is 3.08. The minimum atomic E-state index is 0. The number of hydrogen-bond donors (Lipinski definition) is 2. The molecule has 0 aliphatic heterocycles. The number of rotatable bonds is 10. The number of benzene rings is 1. The Morgan fingerprint density at radius 1 is 1.11 bits per heavy atom. The molecule has 1 aromatic carbocycles. The van der Waals surface area contributed by atoms with Crippen molar-refractivity contribution in [1.29, 1.82) is 0 Å². The summed E-state index contributed by atoms with van der Waals surface area (Å²) in [6.45, 7) is 9.82. The van der Waals surface area contributed by atoms with Gasteiger partial charge in [0, 0.05) is 31.4 Å². The van der Waals surface area contributed by atoms with Crippen LogP contribution >= 0.6 is 24.0 Å². The average Bonchev–Trinajstić information content (AvgIpc) is 3.01. The highest BCUT2D eigenvalue weighted by Gasteiger charge is 2.13. The van der Waals surface area contributed by atoms with Crippen LogP contribution < -0.4 is 10.6 Å². The lowest BCUT2D eigenvalue weighted by Gasteiger charge is -2.12. The molecule has 0 aliphatic carbocycles. The zero-order valence-corrected chi connectivity index (χ0v) is 19.8. The van der Waals surface area contributed by atoms with E-state index in [1.54, 1.807) is 0 Å². The van der Waals surface area contributed by atoms with Crippen LogP contribution in [0.2, 0.25) is 0 Å². The van der Waals surface area contributed by atoms with E-state index in [0.717, 1.165) is 31.0 Å².